The molecule has 0 saturated carbocycles. The molecule has 3 N–H and O–H groups in total. The largest absolute Gasteiger partial charge is 0.325 e. The third kappa shape index (κ3) is 5.10. The molecule has 7 heteroatoms. The van der Waals surface area contributed by atoms with Gasteiger partial charge >= 0.3 is 0 Å². The Morgan fingerprint density at radius 3 is 2.00 bits per heavy atom. The first-order valence-corrected chi connectivity index (χ1v) is 7.31. The summed E-state index contributed by atoms with van der Waals surface area (Å²) < 4.78 is 0. The van der Waals surface area contributed by atoms with E-state index < -0.39 is 5.91 Å². The maximum Gasteiger partial charge on any atom is 0.257 e. The van der Waals surface area contributed by atoms with Gasteiger partial charge in [0.25, 0.3) is 5.91 Å². The lowest BCUT2D eigenvalue weighted by Gasteiger charge is -2.33. The standard InChI is InChI=1S/C15H22N4O3/c1-12-2-4-13(5-3-12)16-14(20)10-18-6-8-19(9-7-18)11-15(21)17-22/h2-5,22H,6-11H2,1H3,(H,16,20)(H,17,21). The van der Waals surface area contributed by atoms with Crippen molar-refractivity contribution in [2.24, 2.45) is 0 Å². The van der Waals surface area contributed by atoms with Crippen LogP contribution in [0, 0.1) is 6.92 Å². The molecule has 0 bridgehead atoms. The number of nitrogens with one attached hydrogen (secondary N) is 2. The minimum Gasteiger partial charge on any atom is -0.325 e. The Labute approximate surface area is 129 Å². The minimum absolute atomic E-state index is 0.0367. The Balaban J connectivity index is 1.72. The summed E-state index contributed by atoms with van der Waals surface area (Å²) >= 11 is 0. The third-order valence-electron chi connectivity index (χ3n) is 3.66. The second-order valence-corrected chi connectivity index (χ2v) is 5.50. The average Bonchev–Trinajstić information content (AvgIpc) is 2.51. The van der Waals surface area contributed by atoms with Crippen molar-refractivity contribution in [1.82, 2.24) is 15.3 Å². The van der Waals surface area contributed by atoms with Crippen molar-refractivity contribution >= 4 is 17.5 Å². The van der Waals surface area contributed by atoms with E-state index in [-0.39, 0.29) is 12.5 Å². The van der Waals surface area contributed by atoms with Crippen LogP contribution in [0.1, 0.15) is 5.56 Å². The van der Waals surface area contributed by atoms with Gasteiger partial charge in [-0.2, -0.15) is 0 Å². The summed E-state index contributed by atoms with van der Waals surface area (Å²) in [5, 5.41) is 11.4. The smallest absolute Gasteiger partial charge is 0.257 e. The van der Waals surface area contributed by atoms with E-state index >= 15 is 0 Å². The van der Waals surface area contributed by atoms with Gasteiger partial charge in [-0.1, -0.05) is 17.7 Å². The van der Waals surface area contributed by atoms with Crippen LogP contribution in [0.3, 0.4) is 0 Å². The van der Waals surface area contributed by atoms with E-state index in [9.17, 15) is 9.59 Å². The number of carbonyl (C=O) groups excluding carboxylic acids is 2. The average molecular weight is 306 g/mol. The molecule has 1 heterocycles. The zero-order valence-electron chi connectivity index (χ0n) is 12.7. The lowest BCUT2D eigenvalue weighted by molar-refractivity contribution is -0.131. The molecule has 0 aromatic heterocycles. The van der Waals surface area contributed by atoms with Gasteiger partial charge < -0.3 is 5.32 Å². The van der Waals surface area contributed by atoms with Gasteiger partial charge in [-0.25, -0.2) is 5.48 Å². The van der Waals surface area contributed by atoms with E-state index in [0.717, 1.165) is 24.3 Å². The molecule has 1 aliphatic heterocycles. The predicted octanol–water partition coefficient (Wildman–Crippen LogP) is 0.0565. The summed E-state index contributed by atoms with van der Waals surface area (Å²) in [6.45, 7) is 5.37. The number of hydroxylamine groups is 1. The molecule has 0 unspecified atom stereocenters. The van der Waals surface area contributed by atoms with E-state index in [4.69, 9.17) is 5.21 Å². The van der Waals surface area contributed by atoms with Gasteiger partial charge in [-0.05, 0) is 19.1 Å². The Morgan fingerprint density at radius 2 is 1.50 bits per heavy atom. The number of nitrogens with zero attached hydrogens (tertiary/aromatic N) is 2. The molecule has 1 fully saturated rings. The van der Waals surface area contributed by atoms with Gasteiger partial charge in [0, 0.05) is 31.9 Å². The molecule has 1 aliphatic rings. The van der Waals surface area contributed by atoms with Crippen LogP contribution in [0.15, 0.2) is 24.3 Å². The molecule has 7 nitrogen and oxygen atoms in total. The quantitative estimate of drug-likeness (QED) is 0.529. The Morgan fingerprint density at radius 1 is 1.00 bits per heavy atom. The summed E-state index contributed by atoms with van der Waals surface area (Å²) in [5.74, 6) is -0.448. The Kier molecular flexibility index (Phi) is 5.88. The van der Waals surface area contributed by atoms with Gasteiger partial charge in [0.1, 0.15) is 0 Å². The van der Waals surface area contributed by atoms with Crippen LogP contribution in [0.5, 0.6) is 0 Å². The molecule has 1 aromatic rings. The fourth-order valence-corrected chi connectivity index (χ4v) is 2.38. The lowest BCUT2D eigenvalue weighted by atomic mass is 10.2. The van der Waals surface area contributed by atoms with Crippen molar-refractivity contribution in [3.8, 4) is 0 Å². The summed E-state index contributed by atoms with van der Waals surface area (Å²) in [5.41, 5.74) is 3.58. The van der Waals surface area contributed by atoms with Crippen molar-refractivity contribution in [3.05, 3.63) is 29.8 Å². The SMILES string of the molecule is Cc1ccc(NC(=O)CN2CCN(CC(=O)NO)CC2)cc1. The first-order chi connectivity index (χ1) is 10.6. The number of benzene rings is 1. The molecular formula is C15H22N4O3. The zero-order valence-corrected chi connectivity index (χ0v) is 12.7. The highest BCUT2D eigenvalue weighted by Crippen LogP contribution is 2.09. The van der Waals surface area contributed by atoms with Crippen LogP contribution in [-0.4, -0.2) is 66.1 Å². The Hall–Kier alpha value is -1.96. The summed E-state index contributed by atoms with van der Waals surface area (Å²) in [4.78, 5) is 27.1. The monoisotopic (exact) mass is 306 g/mol. The highest BCUT2D eigenvalue weighted by Gasteiger charge is 2.20. The van der Waals surface area contributed by atoms with Crippen LogP contribution in [0.25, 0.3) is 0 Å². The van der Waals surface area contributed by atoms with Crippen molar-refractivity contribution in [3.63, 3.8) is 0 Å². The number of carbonyl (C=O) groups is 2. The van der Waals surface area contributed by atoms with E-state index in [2.05, 4.69) is 10.2 Å². The van der Waals surface area contributed by atoms with E-state index in [0.29, 0.717) is 19.6 Å². The molecule has 120 valence electrons. The minimum atomic E-state index is -0.412. The van der Waals surface area contributed by atoms with Gasteiger partial charge in [0.2, 0.25) is 5.91 Å². The molecule has 2 rings (SSSR count). The Bertz CT molecular complexity index is 510. The second-order valence-electron chi connectivity index (χ2n) is 5.50. The summed E-state index contributed by atoms with van der Waals surface area (Å²) in [6.07, 6.45) is 0. The zero-order chi connectivity index (χ0) is 15.9. The molecule has 0 atom stereocenters. The van der Waals surface area contributed by atoms with Crippen molar-refractivity contribution in [2.45, 2.75) is 6.92 Å². The molecule has 22 heavy (non-hydrogen) atoms. The maximum absolute atomic E-state index is 12.0. The topological polar surface area (TPSA) is 84.9 Å². The fraction of sp³-hybridized carbons (Fsp3) is 0.467. The van der Waals surface area contributed by atoms with Crippen molar-refractivity contribution < 1.29 is 14.8 Å². The van der Waals surface area contributed by atoms with Crippen LogP contribution in [0.4, 0.5) is 5.69 Å². The number of aryl methyl sites for hydroxylation is 1. The van der Waals surface area contributed by atoms with Crippen LogP contribution < -0.4 is 10.8 Å². The summed E-state index contributed by atoms with van der Waals surface area (Å²) in [6, 6.07) is 7.69. The highest BCUT2D eigenvalue weighted by atomic mass is 16.5. The molecule has 0 aliphatic carbocycles. The number of hydrogen-bond donors (Lipinski definition) is 3. The van der Waals surface area contributed by atoms with E-state index in [1.165, 1.54) is 0 Å². The molecule has 0 spiro atoms. The van der Waals surface area contributed by atoms with Gasteiger partial charge in [0.05, 0.1) is 13.1 Å². The molecule has 2 amide bonds. The lowest BCUT2D eigenvalue weighted by Crippen LogP contribution is -2.50. The first-order valence-electron chi connectivity index (χ1n) is 7.31. The highest BCUT2D eigenvalue weighted by molar-refractivity contribution is 5.92. The van der Waals surface area contributed by atoms with Crippen LogP contribution in [0.2, 0.25) is 0 Å². The van der Waals surface area contributed by atoms with Gasteiger partial charge in [0.15, 0.2) is 0 Å². The second kappa shape index (κ2) is 7.88. The summed E-state index contributed by atoms with van der Waals surface area (Å²) in [7, 11) is 0. The molecular weight excluding hydrogens is 284 g/mol. The van der Waals surface area contributed by atoms with Gasteiger partial charge in [-0.15, -0.1) is 0 Å². The maximum atomic E-state index is 12.0. The van der Waals surface area contributed by atoms with Crippen molar-refractivity contribution in [2.75, 3.05) is 44.6 Å². The van der Waals surface area contributed by atoms with Crippen molar-refractivity contribution in [1.29, 1.82) is 0 Å². The van der Waals surface area contributed by atoms with Crippen LogP contribution in [-0.2, 0) is 9.59 Å². The molecule has 1 aromatic carbocycles. The van der Waals surface area contributed by atoms with Crippen LogP contribution >= 0.6 is 0 Å². The fourth-order valence-electron chi connectivity index (χ4n) is 2.38. The number of piperazine rings is 1. The first kappa shape index (κ1) is 16.4. The number of amides is 2. The molecule has 0 radical (unpaired) electrons. The number of hydrogen-bond acceptors (Lipinski definition) is 5. The number of rotatable bonds is 5. The number of anilines is 1. The van der Waals surface area contributed by atoms with E-state index in [1.54, 1.807) is 5.48 Å². The third-order valence-corrected chi connectivity index (χ3v) is 3.66. The van der Waals surface area contributed by atoms with E-state index in [1.807, 2.05) is 36.1 Å². The molecule has 1 saturated heterocycles. The normalized spacial score (nSPS) is 16.3. The predicted molar refractivity (Wildman–Crippen MR) is 82.6 cm³/mol. The van der Waals surface area contributed by atoms with Gasteiger partial charge in [-0.3, -0.25) is 24.6 Å².